The lowest BCUT2D eigenvalue weighted by molar-refractivity contribution is 0.0911. The van der Waals surface area contributed by atoms with Gasteiger partial charge in [0.2, 0.25) is 0 Å². The monoisotopic (exact) mass is 419 g/mol. The Bertz CT molecular complexity index is 897. The number of amides is 1. The average molecular weight is 420 g/mol. The molecule has 0 spiro atoms. The normalized spacial score (nSPS) is 13.0. The molecule has 2 aromatic carbocycles. The van der Waals surface area contributed by atoms with Crippen molar-refractivity contribution in [2.75, 3.05) is 26.9 Å². The Morgan fingerprint density at radius 1 is 1.17 bits per heavy atom. The van der Waals surface area contributed by atoms with Crippen molar-refractivity contribution in [2.45, 2.75) is 32.7 Å². The minimum atomic E-state index is -0.649. The van der Waals surface area contributed by atoms with Crippen molar-refractivity contribution in [1.29, 1.82) is 0 Å². The molecule has 0 unspecified atom stereocenters. The molecule has 156 valence electrons. The molecule has 7 heteroatoms. The van der Waals surface area contributed by atoms with Crippen LogP contribution in [0.15, 0.2) is 30.3 Å². The Morgan fingerprint density at radius 2 is 1.90 bits per heavy atom. The average Bonchev–Trinajstić information content (AvgIpc) is 2.71. The third-order valence-electron chi connectivity index (χ3n) is 4.63. The summed E-state index contributed by atoms with van der Waals surface area (Å²) in [6.07, 6.45) is 0.839. The molecule has 3 rings (SSSR count). The van der Waals surface area contributed by atoms with Crippen LogP contribution < -0.4 is 24.3 Å². The van der Waals surface area contributed by atoms with Crippen LogP contribution in [0.3, 0.4) is 0 Å². The molecule has 6 nitrogen and oxygen atoms in total. The molecule has 0 saturated heterocycles. The van der Waals surface area contributed by atoms with Gasteiger partial charge in [-0.3, -0.25) is 4.79 Å². The predicted octanol–water partition coefficient (Wildman–Crippen LogP) is 4.57. The Labute approximate surface area is 176 Å². The van der Waals surface area contributed by atoms with E-state index < -0.39 is 5.54 Å². The summed E-state index contributed by atoms with van der Waals surface area (Å²) >= 11 is 6.35. The highest BCUT2D eigenvalue weighted by Crippen LogP contribution is 2.37. The first kappa shape index (κ1) is 21.1. The SMILES string of the molecule is CCCOc1c(Cl)cc(C(=O)NC(C)(C)c2ccc3c(c2)OCCO3)cc1OC. The molecule has 0 saturated carbocycles. The molecule has 0 bridgehead atoms. The zero-order valence-electron chi connectivity index (χ0n) is 17.1. The van der Waals surface area contributed by atoms with E-state index in [0.29, 0.717) is 53.4 Å². The molecule has 0 atom stereocenters. The van der Waals surface area contributed by atoms with Crippen molar-refractivity contribution < 1.29 is 23.7 Å². The van der Waals surface area contributed by atoms with Crippen LogP contribution >= 0.6 is 11.6 Å². The molecular formula is C22H26ClNO5. The minimum absolute atomic E-state index is 0.271. The van der Waals surface area contributed by atoms with Gasteiger partial charge in [0, 0.05) is 5.56 Å². The maximum atomic E-state index is 12.9. The highest BCUT2D eigenvalue weighted by Gasteiger charge is 2.27. The fourth-order valence-electron chi connectivity index (χ4n) is 3.06. The van der Waals surface area contributed by atoms with Crippen LogP contribution in [0.5, 0.6) is 23.0 Å². The number of ether oxygens (including phenoxy) is 4. The zero-order valence-corrected chi connectivity index (χ0v) is 17.9. The molecule has 1 heterocycles. The van der Waals surface area contributed by atoms with Crippen molar-refractivity contribution in [1.82, 2.24) is 5.32 Å². The molecule has 0 aliphatic carbocycles. The molecule has 0 aromatic heterocycles. The van der Waals surface area contributed by atoms with Crippen molar-refractivity contribution in [3.05, 3.63) is 46.5 Å². The number of nitrogens with one attached hydrogen (secondary N) is 1. The smallest absolute Gasteiger partial charge is 0.252 e. The first-order valence-electron chi connectivity index (χ1n) is 9.58. The van der Waals surface area contributed by atoms with Crippen molar-refractivity contribution in [2.24, 2.45) is 0 Å². The van der Waals surface area contributed by atoms with Gasteiger partial charge in [-0.1, -0.05) is 24.6 Å². The predicted molar refractivity (Wildman–Crippen MR) is 112 cm³/mol. The van der Waals surface area contributed by atoms with Gasteiger partial charge in [0.05, 0.1) is 24.3 Å². The second-order valence-electron chi connectivity index (χ2n) is 7.28. The van der Waals surface area contributed by atoms with Gasteiger partial charge >= 0.3 is 0 Å². The summed E-state index contributed by atoms with van der Waals surface area (Å²) in [6.45, 7) is 7.41. The van der Waals surface area contributed by atoms with Crippen molar-refractivity contribution >= 4 is 17.5 Å². The summed E-state index contributed by atoms with van der Waals surface area (Å²) in [4.78, 5) is 12.9. The van der Waals surface area contributed by atoms with Crippen LogP contribution in [-0.4, -0.2) is 32.8 Å². The number of hydrogen-bond acceptors (Lipinski definition) is 5. The number of carbonyl (C=O) groups is 1. The lowest BCUT2D eigenvalue weighted by atomic mass is 9.93. The molecule has 1 aliphatic heterocycles. The van der Waals surface area contributed by atoms with Gasteiger partial charge in [-0.2, -0.15) is 0 Å². The highest BCUT2D eigenvalue weighted by atomic mass is 35.5. The third-order valence-corrected chi connectivity index (χ3v) is 4.91. The van der Waals surface area contributed by atoms with Gasteiger partial charge in [0.1, 0.15) is 13.2 Å². The maximum absolute atomic E-state index is 12.9. The molecule has 1 aliphatic rings. The highest BCUT2D eigenvalue weighted by molar-refractivity contribution is 6.32. The fourth-order valence-corrected chi connectivity index (χ4v) is 3.32. The summed E-state index contributed by atoms with van der Waals surface area (Å²) < 4.78 is 22.2. The lowest BCUT2D eigenvalue weighted by Crippen LogP contribution is -2.41. The van der Waals surface area contributed by atoms with Gasteiger partial charge in [-0.15, -0.1) is 0 Å². The number of fused-ring (bicyclic) bond motifs is 1. The van der Waals surface area contributed by atoms with E-state index in [1.54, 1.807) is 12.1 Å². The molecule has 0 fully saturated rings. The van der Waals surface area contributed by atoms with Crippen molar-refractivity contribution in [3.8, 4) is 23.0 Å². The molecule has 1 N–H and O–H groups in total. The molecule has 29 heavy (non-hydrogen) atoms. The lowest BCUT2D eigenvalue weighted by Gasteiger charge is -2.29. The quantitative estimate of drug-likeness (QED) is 0.711. The number of rotatable bonds is 7. The summed E-state index contributed by atoms with van der Waals surface area (Å²) in [5, 5.41) is 3.38. The molecule has 2 aromatic rings. The number of carbonyl (C=O) groups excluding carboxylic acids is 1. The van der Waals surface area contributed by atoms with Gasteiger partial charge in [0.15, 0.2) is 23.0 Å². The fraction of sp³-hybridized carbons (Fsp3) is 0.409. The number of hydrogen-bond donors (Lipinski definition) is 1. The van der Waals surface area contributed by atoms with Gasteiger partial charge in [0.25, 0.3) is 5.91 Å². The molecule has 0 radical (unpaired) electrons. The number of halogens is 1. The van der Waals surface area contributed by atoms with Crippen molar-refractivity contribution in [3.63, 3.8) is 0 Å². The first-order valence-corrected chi connectivity index (χ1v) is 9.96. The van der Waals surface area contributed by atoms with Gasteiger partial charge in [-0.05, 0) is 50.1 Å². The summed E-state index contributed by atoms with van der Waals surface area (Å²) in [5.74, 6) is 1.98. The van der Waals surface area contributed by atoms with E-state index in [0.717, 1.165) is 12.0 Å². The largest absolute Gasteiger partial charge is 0.493 e. The van der Waals surface area contributed by atoms with Crippen LogP contribution in [0.25, 0.3) is 0 Å². The van der Waals surface area contributed by atoms with E-state index in [9.17, 15) is 4.79 Å². The third kappa shape index (κ3) is 4.70. The van der Waals surface area contributed by atoms with Crippen LogP contribution in [0.1, 0.15) is 43.1 Å². The van der Waals surface area contributed by atoms with E-state index in [4.69, 9.17) is 30.5 Å². The van der Waals surface area contributed by atoms with E-state index in [-0.39, 0.29) is 5.91 Å². The number of benzene rings is 2. The van der Waals surface area contributed by atoms with Gasteiger partial charge in [-0.25, -0.2) is 0 Å². The topological polar surface area (TPSA) is 66.0 Å². The minimum Gasteiger partial charge on any atom is -0.493 e. The van der Waals surface area contributed by atoms with Crippen LogP contribution in [0.2, 0.25) is 5.02 Å². The second kappa shape index (κ2) is 8.82. The Balaban J connectivity index is 1.82. The Hall–Kier alpha value is -2.60. The zero-order chi connectivity index (χ0) is 21.0. The van der Waals surface area contributed by atoms with E-state index in [1.165, 1.54) is 7.11 Å². The Kier molecular flexibility index (Phi) is 6.42. The van der Waals surface area contributed by atoms with E-state index in [2.05, 4.69) is 5.32 Å². The van der Waals surface area contributed by atoms with Gasteiger partial charge < -0.3 is 24.3 Å². The standard InChI is InChI=1S/C22H26ClNO5/c1-5-8-29-20-16(23)11-14(12-19(20)26-4)21(25)24-22(2,3)15-6-7-17-18(13-15)28-10-9-27-17/h6-7,11-13H,5,8-10H2,1-4H3,(H,24,25). The summed E-state index contributed by atoms with van der Waals surface area (Å²) in [7, 11) is 1.52. The second-order valence-corrected chi connectivity index (χ2v) is 7.68. The summed E-state index contributed by atoms with van der Waals surface area (Å²) in [6, 6.07) is 8.89. The molecular weight excluding hydrogens is 394 g/mol. The summed E-state index contributed by atoms with van der Waals surface area (Å²) in [5.41, 5.74) is 0.640. The van der Waals surface area contributed by atoms with Crippen LogP contribution in [0, 0.1) is 0 Å². The maximum Gasteiger partial charge on any atom is 0.252 e. The van der Waals surface area contributed by atoms with E-state index in [1.807, 2.05) is 39.0 Å². The van der Waals surface area contributed by atoms with E-state index >= 15 is 0 Å². The Morgan fingerprint density at radius 3 is 2.59 bits per heavy atom. The number of methoxy groups -OCH3 is 1. The molecule has 1 amide bonds. The van der Waals surface area contributed by atoms with Crippen LogP contribution in [0.4, 0.5) is 0 Å². The first-order chi connectivity index (χ1) is 13.9. The van der Waals surface area contributed by atoms with Crippen LogP contribution in [-0.2, 0) is 5.54 Å².